The molecule has 34 heavy (non-hydrogen) atoms. The van der Waals surface area contributed by atoms with E-state index >= 15 is 0 Å². The number of nitrogens with zero attached hydrogens (tertiary/aromatic N) is 1. The SMILES string of the molecule is c1ccc2c(c1)Oc1cccc3c1N2c1ccc(-c2cccc4sc5ccccc5c24)cc1O3. The lowest BCUT2D eigenvalue weighted by Crippen LogP contribution is -2.20. The third kappa shape index (κ3) is 2.40. The fourth-order valence-electron chi connectivity index (χ4n) is 5.19. The van der Waals surface area contributed by atoms with Crippen molar-refractivity contribution in [3.63, 3.8) is 0 Å². The molecule has 3 heterocycles. The van der Waals surface area contributed by atoms with Crippen LogP contribution in [0.25, 0.3) is 31.3 Å². The number of fused-ring (bicyclic) bond motifs is 7. The lowest BCUT2D eigenvalue weighted by atomic mass is 9.98. The highest BCUT2D eigenvalue weighted by Crippen LogP contribution is 2.59. The first kappa shape index (κ1) is 18.2. The molecule has 0 atom stereocenters. The zero-order valence-corrected chi connectivity index (χ0v) is 18.8. The maximum atomic E-state index is 6.46. The number of ether oxygens (including phenoxy) is 2. The first-order valence-electron chi connectivity index (χ1n) is 11.3. The van der Waals surface area contributed by atoms with Crippen molar-refractivity contribution in [3.8, 4) is 34.1 Å². The van der Waals surface area contributed by atoms with Gasteiger partial charge in [0.25, 0.3) is 0 Å². The maximum absolute atomic E-state index is 6.46. The van der Waals surface area contributed by atoms with E-state index in [1.54, 1.807) is 0 Å². The molecule has 0 amide bonds. The Bertz CT molecular complexity index is 1780. The van der Waals surface area contributed by atoms with Crippen LogP contribution in [0, 0.1) is 0 Å². The van der Waals surface area contributed by atoms with Crippen LogP contribution in [0.5, 0.6) is 23.0 Å². The van der Waals surface area contributed by atoms with Crippen molar-refractivity contribution < 1.29 is 9.47 Å². The molecular formula is C30H17NO2S. The molecule has 0 bridgehead atoms. The number of anilines is 3. The van der Waals surface area contributed by atoms with E-state index < -0.39 is 0 Å². The number of para-hydroxylation sites is 3. The molecule has 4 heteroatoms. The summed E-state index contributed by atoms with van der Waals surface area (Å²) < 4.78 is 15.3. The molecule has 0 spiro atoms. The van der Waals surface area contributed by atoms with Gasteiger partial charge >= 0.3 is 0 Å². The van der Waals surface area contributed by atoms with E-state index in [1.807, 2.05) is 47.7 Å². The lowest BCUT2D eigenvalue weighted by molar-refractivity contribution is 0.446. The van der Waals surface area contributed by atoms with E-state index in [0.717, 1.165) is 45.6 Å². The molecule has 3 nitrogen and oxygen atoms in total. The second-order valence-corrected chi connectivity index (χ2v) is 9.65. The van der Waals surface area contributed by atoms with Crippen LogP contribution < -0.4 is 14.4 Å². The van der Waals surface area contributed by atoms with Crippen molar-refractivity contribution in [1.82, 2.24) is 0 Å². The molecule has 0 unspecified atom stereocenters. The van der Waals surface area contributed by atoms with Gasteiger partial charge in [-0.1, -0.05) is 54.6 Å². The summed E-state index contributed by atoms with van der Waals surface area (Å²) in [5, 5.41) is 2.60. The molecule has 6 aromatic rings. The summed E-state index contributed by atoms with van der Waals surface area (Å²) >= 11 is 1.84. The van der Waals surface area contributed by atoms with Crippen LogP contribution in [0.4, 0.5) is 17.1 Å². The quantitative estimate of drug-likeness (QED) is 0.246. The van der Waals surface area contributed by atoms with Gasteiger partial charge in [-0.3, -0.25) is 4.90 Å². The first-order valence-corrected chi connectivity index (χ1v) is 12.1. The van der Waals surface area contributed by atoms with Crippen LogP contribution in [0.2, 0.25) is 0 Å². The minimum Gasteiger partial charge on any atom is -0.453 e. The molecule has 0 radical (unpaired) electrons. The van der Waals surface area contributed by atoms with Gasteiger partial charge in [0.2, 0.25) is 0 Å². The number of rotatable bonds is 1. The van der Waals surface area contributed by atoms with E-state index in [-0.39, 0.29) is 0 Å². The summed E-state index contributed by atoms with van der Waals surface area (Å²) in [5.41, 5.74) is 5.36. The van der Waals surface area contributed by atoms with Gasteiger partial charge in [-0.2, -0.15) is 0 Å². The third-order valence-electron chi connectivity index (χ3n) is 6.65. The van der Waals surface area contributed by atoms with Gasteiger partial charge in [0.05, 0.1) is 11.4 Å². The summed E-state index contributed by atoms with van der Waals surface area (Å²) in [6, 6.07) is 35.9. The Kier molecular flexibility index (Phi) is 3.54. The van der Waals surface area contributed by atoms with Gasteiger partial charge in [0.15, 0.2) is 23.0 Å². The van der Waals surface area contributed by atoms with Crippen LogP contribution in [0.15, 0.2) is 103 Å². The van der Waals surface area contributed by atoms with Crippen LogP contribution >= 0.6 is 11.3 Å². The van der Waals surface area contributed by atoms with E-state index in [4.69, 9.17) is 9.47 Å². The Balaban J connectivity index is 1.36. The van der Waals surface area contributed by atoms with Crippen molar-refractivity contribution in [2.75, 3.05) is 4.90 Å². The van der Waals surface area contributed by atoms with E-state index in [1.165, 1.54) is 25.7 Å². The number of benzene rings is 5. The highest BCUT2D eigenvalue weighted by molar-refractivity contribution is 7.25. The fraction of sp³-hybridized carbons (Fsp3) is 0. The van der Waals surface area contributed by atoms with Crippen LogP contribution in [0.3, 0.4) is 0 Å². The average Bonchev–Trinajstić information content (AvgIpc) is 3.27. The Morgan fingerprint density at radius 1 is 0.559 bits per heavy atom. The smallest absolute Gasteiger partial charge is 0.155 e. The molecular weight excluding hydrogens is 438 g/mol. The molecule has 1 aromatic heterocycles. The van der Waals surface area contributed by atoms with Gasteiger partial charge in [0, 0.05) is 20.2 Å². The molecule has 0 saturated heterocycles. The Labute approximate surface area is 200 Å². The summed E-state index contributed by atoms with van der Waals surface area (Å²) in [6.45, 7) is 0. The van der Waals surface area contributed by atoms with Crippen molar-refractivity contribution in [2.24, 2.45) is 0 Å². The maximum Gasteiger partial charge on any atom is 0.155 e. The van der Waals surface area contributed by atoms with E-state index in [0.29, 0.717) is 0 Å². The highest BCUT2D eigenvalue weighted by Gasteiger charge is 2.34. The van der Waals surface area contributed by atoms with Crippen LogP contribution in [0.1, 0.15) is 0 Å². The Hall–Kier alpha value is -4.28. The zero-order chi connectivity index (χ0) is 22.2. The molecule has 0 saturated carbocycles. The predicted molar refractivity (Wildman–Crippen MR) is 140 cm³/mol. The summed E-state index contributed by atoms with van der Waals surface area (Å²) in [4.78, 5) is 2.26. The summed E-state index contributed by atoms with van der Waals surface area (Å²) in [7, 11) is 0. The normalized spacial score (nSPS) is 13.1. The average molecular weight is 456 g/mol. The van der Waals surface area contributed by atoms with Crippen LogP contribution in [-0.4, -0.2) is 0 Å². The fourth-order valence-corrected chi connectivity index (χ4v) is 6.32. The standard InChI is InChI=1S/C30H17NO2S/c1-4-13-27-20(7-1)29-19(8-5-14-28(29)34-27)18-15-16-22-26(17-18)33-25-12-6-11-24-30(25)31(22)21-9-2-3-10-23(21)32-24/h1-17H. The Morgan fingerprint density at radius 3 is 2.21 bits per heavy atom. The van der Waals surface area contributed by atoms with Gasteiger partial charge in [-0.25, -0.2) is 0 Å². The molecule has 8 rings (SSSR count). The zero-order valence-electron chi connectivity index (χ0n) is 18.0. The first-order chi connectivity index (χ1) is 16.8. The Morgan fingerprint density at radius 2 is 1.26 bits per heavy atom. The van der Waals surface area contributed by atoms with Gasteiger partial charge < -0.3 is 9.47 Å². The van der Waals surface area contributed by atoms with Gasteiger partial charge in [-0.15, -0.1) is 11.3 Å². The van der Waals surface area contributed by atoms with Crippen molar-refractivity contribution >= 4 is 48.6 Å². The van der Waals surface area contributed by atoms with Gasteiger partial charge in [-0.05, 0) is 59.7 Å². The van der Waals surface area contributed by atoms with E-state index in [9.17, 15) is 0 Å². The number of hydrogen-bond acceptors (Lipinski definition) is 4. The molecule has 5 aromatic carbocycles. The topological polar surface area (TPSA) is 21.7 Å². The summed E-state index contributed by atoms with van der Waals surface area (Å²) in [5.74, 6) is 3.30. The van der Waals surface area contributed by atoms with E-state index in [2.05, 4.69) is 71.6 Å². The molecule has 160 valence electrons. The predicted octanol–water partition coefficient (Wildman–Crippen LogP) is 9.40. The lowest BCUT2D eigenvalue weighted by Gasteiger charge is -2.37. The van der Waals surface area contributed by atoms with Crippen LogP contribution in [-0.2, 0) is 0 Å². The molecule has 0 N–H and O–H groups in total. The molecule has 2 aliphatic heterocycles. The molecule has 2 aliphatic rings. The van der Waals surface area contributed by atoms with Crippen molar-refractivity contribution in [3.05, 3.63) is 103 Å². The highest BCUT2D eigenvalue weighted by atomic mass is 32.1. The minimum absolute atomic E-state index is 0.802. The monoisotopic (exact) mass is 455 g/mol. The largest absolute Gasteiger partial charge is 0.453 e. The molecule has 0 aliphatic carbocycles. The number of thiophene rings is 1. The second-order valence-electron chi connectivity index (χ2n) is 8.57. The minimum atomic E-state index is 0.802. The van der Waals surface area contributed by atoms with Crippen molar-refractivity contribution in [2.45, 2.75) is 0 Å². The van der Waals surface area contributed by atoms with Gasteiger partial charge in [0.1, 0.15) is 5.69 Å². The van der Waals surface area contributed by atoms with Crippen molar-refractivity contribution in [1.29, 1.82) is 0 Å². The third-order valence-corrected chi connectivity index (χ3v) is 7.78. The molecule has 0 fully saturated rings. The summed E-state index contributed by atoms with van der Waals surface area (Å²) in [6.07, 6.45) is 0. The number of hydrogen-bond donors (Lipinski definition) is 0. The second kappa shape index (κ2) is 6.62.